The first-order chi connectivity index (χ1) is 13.6. The Kier molecular flexibility index (Phi) is 5.42. The predicted molar refractivity (Wildman–Crippen MR) is 107 cm³/mol. The molecule has 6 heteroatoms. The second-order valence-corrected chi connectivity index (χ2v) is 8.64. The van der Waals surface area contributed by atoms with E-state index in [0.717, 1.165) is 10.5 Å². The molecule has 4 rings (SSSR count). The fourth-order valence-electron chi connectivity index (χ4n) is 4.13. The molecule has 2 heterocycles. The molecule has 28 heavy (non-hydrogen) atoms. The first kappa shape index (κ1) is 19.0. The number of nitrogens with zero attached hydrogens (tertiary/aromatic N) is 1. The van der Waals surface area contributed by atoms with Gasteiger partial charge in [-0.05, 0) is 31.0 Å². The van der Waals surface area contributed by atoms with Gasteiger partial charge in [0, 0.05) is 16.2 Å². The maximum Gasteiger partial charge on any atom is 0.330 e. The van der Waals surface area contributed by atoms with Crippen molar-refractivity contribution in [2.24, 2.45) is 5.92 Å². The summed E-state index contributed by atoms with van der Waals surface area (Å²) in [5.74, 6) is -0.958. The van der Waals surface area contributed by atoms with E-state index in [2.05, 4.69) is 0 Å². The Bertz CT molecular complexity index is 842. The van der Waals surface area contributed by atoms with E-state index in [0.29, 0.717) is 6.42 Å². The summed E-state index contributed by atoms with van der Waals surface area (Å²) < 4.78 is 5.57. The van der Waals surface area contributed by atoms with Gasteiger partial charge in [-0.3, -0.25) is 4.79 Å². The number of ether oxygens (including phenoxy) is 1. The Labute approximate surface area is 168 Å². The Hall–Kier alpha value is -2.31. The fourth-order valence-corrected chi connectivity index (χ4v) is 5.46. The summed E-state index contributed by atoms with van der Waals surface area (Å²) in [6.07, 6.45) is -0.0402. The van der Waals surface area contributed by atoms with Gasteiger partial charge in [-0.2, -0.15) is 0 Å². The Morgan fingerprint density at radius 1 is 1.18 bits per heavy atom. The molecule has 2 unspecified atom stereocenters. The minimum atomic E-state index is -0.713. The van der Waals surface area contributed by atoms with Crippen LogP contribution < -0.4 is 0 Å². The van der Waals surface area contributed by atoms with Gasteiger partial charge in [0.15, 0.2) is 0 Å². The van der Waals surface area contributed by atoms with Crippen molar-refractivity contribution >= 4 is 23.6 Å². The third kappa shape index (κ3) is 3.54. The Morgan fingerprint density at radius 3 is 2.46 bits per heavy atom. The lowest BCUT2D eigenvalue weighted by molar-refractivity contribution is -0.172. The monoisotopic (exact) mass is 397 g/mol. The van der Waals surface area contributed by atoms with Crippen LogP contribution in [0.25, 0.3) is 0 Å². The van der Waals surface area contributed by atoms with Crippen molar-refractivity contribution in [2.75, 3.05) is 0 Å². The first-order valence-corrected chi connectivity index (χ1v) is 10.4. The minimum Gasteiger partial charge on any atom is -0.459 e. The highest BCUT2D eigenvalue weighted by atomic mass is 32.2. The summed E-state index contributed by atoms with van der Waals surface area (Å²) in [6.45, 7) is 1.83. The van der Waals surface area contributed by atoms with Crippen LogP contribution in [0.5, 0.6) is 0 Å². The number of hydrogen-bond acceptors (Lipinski definition) is 5. The second kappa shape index (κ2) is 7.97. The molecule has 5 nitrogen and oxygen atoms in total. The maximum atomic E-state index is 12.9. The van der Waals surface area contributed by atoms with E-state index >= 15 is 0 Å². The van der Waals surface area contributed by atoms with E-state index in [1.54, 1.807) is 23.6 Å². The lowest BCUT2D eigenvalue weighted by atomic mass is 9.84. The third-order valence-corrected chi connectivity index (χ3v) is 6.75. The molecule has 0 aliphatic carbocycles. The molecule has 1 N–H and O–H groups in total. The van der Waals surface area contributed by atoms with Crippen molar-refractivity contribution in [3.63, 3.8) is 0 Å². The molecular weight excluding hydrogens is 374 g/mol. The van der Waals surface area contributed by atoms with Crippen molar-refractivity contribution < 1.29 is 19.4 Å². The van der Waals surface area contributed by atoms with Gasteiger partial charge in [0.1, 0.15) is 12.6 Å². The molecule has 0 saturated carbocycles. The van der Waals surface area contributed by atoms with Gasteiger partial charge in [0.05, 0.1) is 12.0 Å². The van der Waals surface area contributed by atoms with E-state index in [1.807, 2.05) is 60.7 Å². The Balaban J connectivity index is 1.52. The summed E-state index contributed by atoms with van der Waals surface area (Å²) in [5.41, 5.74) is 0.912. The molecule has 2 fully saturated rings. The number of aliphatic hydroxyl groups excluding tert-OH is 1. The largest absolute Gasteiger partial charge is 0.459 e. The topological polar surface area (TPSA) is 66.8 Å². The number of thioether (sulfide) groups is 1. The smallest absolute Gasteiger partial charge is 0.330 e. The Morgan fingerprint density at radius 2 is 1.82 bits per heavy atom. The highest BCUT2D eigenvalue weighted by molar-refractivity contribution is 8.00. The molecule has 2 aliphatic rings. The number of β-lactam (4-membered cyclic amide) rings is 1. The average molecular weight is 397 g/mol. The number of esters is 1. The van der Waals surface area contributed by atoms with Crippen LogP contribution in [0.2, 0.25) is 0 Å². The van der Waals surface area contributed by atoms with Crippen LogP contribution in [0.4, 0.5) is 0 Å². The molecular formula is C22H23NO4S. The molecule has 2 aliphatic heterocycles. The van der Waals surface area contributed by atoms with Crippen LogP contribution in [-0.4, -0.2) is 45.3 Å². The quantitative estimate of drug-likeness (QED) is 0.600. The van der Waals surface area contributed by atoms with Crippen molar-refractivity contribution in [2.45, 2.75) is 48.3 Å². The van der Waals surface area contributed by atoms with Gasteiger partial charge in [-0.25, -0.2) is 4.79 Å². The first-order valence-electron chi connectivity index (χ1n) is 9.49. The summed E-state index contributed by atoms with van der Waals surface area (Å²) in [6, 6.07) is 18.6. The predicted octanol–water partition coefficient (Wildman–Crippen LogP) is 2.87. The minimum absolute atomic E-state index is 0.0941. The standard InChI is InChI=1S/C22H23NO4S/c1-14(24)19-17-12-18(28-16-10-6-3-7-11-16)20(23(17)21(19)25)22(26)27-13-15-8-4-2-5-9-15/h2-11,14,17-20,24H,12-13H2,1H3/t14?,17-,18?,19+,20+/m0/s1. The molecule has 0 bridgehead atoms. The zero-order valence-electron chi connectivity index (χ0n) is 15.6. The number of rotatable bonds is 6. The zero-order chi connectivity index (χ0) is 19.7. The lowest BCUT2D eigenvalue weighted by Crippen LogP contribution is -2.65. The number of hydrogen-bond donors (Lipinski definition) is 1. The van der Waals surface area contributed by atoms with Gasteiger partial charge in [-0.15, -0.1) is 11.8 Å². The summed E-state index contributed by atoms with van der Waals surface area (Å²) >= 11 is 1.60. The number of aliphatic hydroxyl groups is 1. The van der Waals surface area contributed by atoms with E-state index < -0.39 is 18.1 Å². The fraction of sp³-hybridized carbons (Fsp3) is 0.364. The molecule has 2 aromatic rings. The molecule has 2 saturated heterocycles. The highest BCUT2D eigenvalue weighted by Gasteiger charge is 2.61. The molecule has 1 amide bonds. The summed E-state index contributed by atoms with van der Waals surface area (Å²) in [5, 5.41) is 9.88. The van der Waals surface area contributed by atoms with Crippen LogP contribution in [0.15, 0.2) is 65.6 Å². The zero-order valence-corrected chi connectivity index (χ0v) is 16.4. The number of amides is 1. The highest BCUT2D eigenvalue weighted by Crippen LogP contribution is 2.47. The van der Waals surface area contributed by atoms with Crippen LogP contribution in [0, 0.1) is 5.92 Å². The van der Waals surface area contributed by atoms with Gasteiger partial charge in [0.25, 0.3) is 0 Å². The third-order valence-electron chi connectivity index (χ3n) is 5.45. The van der Waals surface area contributed by atoms with Crippen LogP contribution in [0.3, 0.4) is 0 Å². The van der Waals surface area contributed by atoms with Crippen molar-refractivity contribution in [1.29, 1.82) is 0 Å². The SMILES string of the molecule is CC(O)[C@H]1C(=O)N2[C@@H](C(=O)OCc3ccccc3)C(Sc3ccccc3)C[C@@H]12. The summed E-state index contributed by atoms with van der Waals surface area (Å²) in [7, 11) is 0. The second-order valence-electron chi connectivity index (χ2n) is 7.32. The van der Waals surface area contributed by atoms with Crippen LogP contribution in [-0.2, 0) is 20.9 Å². The maximum absolute atomic E-state index is 12.9. The van der Waals surface area contributed by atoms with Gasteiger partial charge < -0.3 is 14.7 Å². The number of carbonyl (C=O) groups excluding carboxylic acids is 2. The molecule has 0 radical (unpaired) electrons. The molecule has 0 aromatic heterocycles. The van der Waals surface area contributed by atoms with E-state index in [4.69, 9.17) is 4.74 Å². The van der Waals surface area contributed by atoms with E-state index in [9.17, 15) is 14.7 Å². The average Bonchev–Trinajstić information content (AvgIpc) is 3.01. The van der Waals surface area contributed by atoms with Crippen LogP contribution >= 0.6 is 11.8 Å². The summed E-state index contributed by atoms with van der Waals surface area (Å²) in [4.78, 5) is 28.2. The number of carbonyl (C=O) groups is 2. The molecule has 146 valence electrons. The van der Waals surface area contributed by atoms with Crippen molar-refractivity contribution in [3.05, 3.63) is 66.2 Å². The lowest BCUT2D eigenvalue weighted by Gasteiger charge is -2.46. The van der Waals surface area contributed by atoms with Crippen LogP contribution in [0.1, 0.15) is 18.9 Å². The molecule has 0 spiro atoms. The van der Waals surface area contributed by atoms with Crippen molar-refractivity contribution in [3.8, 4) is 0 Å². The molecule has 5 atom stereocenters. The van der Waals surface area contributed by atoms with Gasteiger partial charge in [-0.1, -0.05) is 48.5 Å². The van der Waals surface area contributed by atoms with Gasteiger partial charge in [0.2, 0.25) is 5.91 Å². The molecule has 2 aromatic carbocycles. The van der Waals surface area contributed by atoms with E-state index in [1.165, 1.54) is 0 Å². The van der Waals surface area contributed by atoms with E-state index in [-0.39, 0.29) is 29.8 Å². The van der Waals surface area contributed by atoms with Gasteiger partial charge >= 0.3 is 5.97 Å². The number of fused-ring (bicyclic) bond motifs is 1. The number of benzene rings is 2. The normalized spacial score (nSPS) is 27.1. The van der Waals surface area contributed by atoms with Crippen molar-refractivity contribution in [1.82, 2.24) is 4.90 Å².